The summed E-state index contributed by atoms with van der Waals surface area (Å²) in [6, 6.07) is 3.69. The monoisotopic (exact) mass is 234 g/mol. The molecule has 2 aliphatic rings. The second-order valence-corrected chi connectivity index (χ2v) is 4.77. The first-order chi connectivity index (χ1) is 8.15. The average Bonchev–Trinajstić information content (AvgIpc) is 2.71. The van der Waals surface area contributed by atoms with Crippen LogP contribution in [0.15, 0.2) is 12.1 Å². The molecule has 1 unspecified atom stereocenters. The molecule has 0 fully saturated rings. The molecular weight excluding hydrogens is 220 g/mol. The van der Waals surface area contributed by atoms with Gasteiger partial charge in [0.2, 0.25) is 6.79 Å². The molecule has 3 rings (SSSR count). The van der Waals surface area contributed by atoms with Crippen LogP contribution in [0.5, 0.6) is 17.2 Å². The Balaban J connectivity index is 2.10. The van der Waals surface area contributed by atoms with Crippen LogP contribution < -0.4 is 14.2 Å². The van der Waals surface area contributed by atoms with Gasteiger partial charge in [0.15, 0.2) is 11.5 Å². The van der Waals surface area contributed by atoms with Crippen LogP contribution in [0.4, 0.5) is 0 Å². The summed E-state index contributed by atoms with van der Waals surface area (Å²) in [5.74, 6) is 2.43. The number of fused-ring (bicyclic) bond motifs is 2. The van der Waals surface area contributed by atoms with Crippen molar-refractivity contribution in [1.82, 2.24) is 0 Å². The molecule has 0 amide bonds. The van der Waals surface area contributed by atoms with Crippen molar-refractivity contribution in [2.75, 3.05) is 6.79 Å². The third kappa shape index (κ3) is 1.64. The van der Waals surface area contributed by atoms with Gasteiger partial charge in [-0.3, -0.25) is 4.79 Å². The number of ether oxygens (including phenoxy) is 3. The van der Waals surface area contributed by atoms with E-state index in [1.54, 1.807) is 6.07 Å². The fraction of sp³-hybridized carbons (Fsp3) is 0.462. The van der Waals surface area contributed by atoms with Crippen molar-refractivity contribution in [1.29, 1.82) is 0 Å². The van der Waals surface area contributed by atoms with Gasteiger partial charge < -0.3 is 14.2 Å². The molecule has 17 heavy (non-hydrogen) atoms. The van der Waals surface area contributed by atoms with Crippen LogP contribution >= 0.6 is 0 Å². The molecule has 2 aliphatic heterocycles. The smallest absolute Gasteiger partial charge is 0.311 e. The molecule has 0 saturated heterocycles. The summed E-state index contributed by atoms with van der Waals surface area (Å²) in [5, 5.41) is 0. The first-order valence-corrected chi connectivity index (χ1v) is 5.79. The summed E-state index contributed by atoms with van der Waals surface area (Å²) in [4.78, 5) is 11.5. The van der Waals surface area contributed by atoms with E-state index >= 15 is 0 Å². The molecule has 90 valence electrons. The van der Waals surface area contributed by atoms with Crippen molar-refractivity contribution in [2.45, 2.75) is 26.2 Å². The topological polar surface area (TPSA) is 44.8 Å². The van der Waals surface area contributed by atoms with E-state index in [1.807, 2.05) is 6.07 Å². The van der Waals surface area contributed by atoms with Crippen LogP contribution in [-0.2, 0) is 4.79 Å². The molecule has 0 aromatic heterocycles. The summed E-state index contributed by atoms with van der Waals surface area (Å²) in [6.45, 7) is 4.45. The number of esters is 1. The van der Waals surface area contributed by atoms with E-state index in [4.69, 9.17) is 14.2 Å². The Kier molecular flexibility index (Phi) is 2.24. The minimum atomic E-state index is -0.171. The second kappa shape index (κ2) is 3.65. The van der Waals surface area contributed by atoms with Gasteiger partial charge in [-0.1, -0.05) is 13.8 Å². The Hall–Kier alpha value is -1.71. The van der Waals surface area contributed by atoms with Gasteiger partial charge in [-0.2, -0.15) is 0 Å². The van der Waals surface area contributed by atoms with Crippen LogP contribution in [0.3, 0.4) is 0 Å². The maximum Gasteiger partial charge on any atom is 0.311 e. The summed E-state index contributed by atoms with van der Waals surface area (Å²) >= 11 is 0. The number of carbonyl (C=O) groups excluding carboxylic acids is 1. The van der Waals surface area contributed by atoms with Crippen molar-refractivity contribution < 1.29 is 19.0 Å². The van der Waals surface area contributed by atoms with Gasteiger partial charge in [0, 0.05) is 17.5 Å². The van der Waals surface area contributed by atoms with Gasteiger partial charge in [-0.25, -0.2) is 0 Å². The highest BCUT2D eigenvalue weighted by Gasteiger charge is 2.31. The summed E-state index contributed by atoms with van der Waals surface area (Å²) in [5.41, 5.74) is 1.05. The summed E-state index contributed by atoms with van der Waals surface area (Å²) < 4.78 is 15.9. The minimum absolute atomic E-state index is 0.171. The summed E-state index contributed by atoms with van der Waals surface area (Å²) in [6.07, 6.45) is 0.435. The molecular formula is C13H14O4. The fourth-order valence-electron chi connectivity index (χ4n) is 2.37. The van der Waals surface area contributed by atoms with Gasteiger partial charge >= 0.3 is 5.97 Å². The molecule has 2 heterocycles. The van der Waals surface area contributed by atoms with E-state index in [1.165, 1.54) is 0 Å². The van der Waals surface area contributed by atoms with Crippen LogP contribution in [0, 0.1) is 5.92 Å². The first kappa shape index (κ1) is 10.4. The number of hydrogen-bond donors (Lipinski definition) is 0. The zero-order valence-corrected chi connectivity index (χ0v) is 9.86. The van der Waals surface area contributed by atoms with Crippen LogP contribution in [0.1, 0.15) is 31.7 Å². The molecule has 0 aliphatic carbocycles. The van der Waals surface area contributed by atoms with Gasteiger partial charge in [0.1, 0.15) is 5.75 Å². The van der Waals surface area contributed by atoms with Crippen molar-refractivity contribution in [3.05, 3.63) is 17.7 Å². The van der Waals surface area contributed by atoms with Crippen LogP contribution in [0.25, 0.3) is 0 Å². The van der Waals surface area contributed by atoms with E-state index in [-0.39, 0.29) is 18.7 Å². The molecule has 4 nitrogen and oxygen atoms in total. The molecule has 0 N–H and O–H groups in total. The van der Waals surface area contributed by atoms with E-state index in [0.29, 0.717) is 23.8 Å². The molecule has 0 bridgehead atoms. The lowest BCUT2D eigenvalue weighted by Gasteiger charge is -2.27. The van der Waals surface area contributed by atoms with E-state index in [9.17, 15) is 4.79 Å². The zero-order chi connectivity index (χ0) is 12.0. The van der Waals surface area contributed by atoms with E-state index in [2.05, 4.69) is 13.8 Å². The fourth-order valence-corrected chi connectivity index (χ4v) is 2.37. The highest BCUT2D eigenvalue weighted by atomic mass is 16.7. The van der Waals surface area contributed by atoms with Crippen LogP contribution in [0.2, 0.25) is 0 Å². The highest BCUT2D eigenvalue weighted by Crippen LogP contribution is 2.45. The predicted molar refractivity (Wildman–Crippen MR) is 60.4 cm³/mol. The van der Waals surface area contributed by atoms with Crippen molar-refractivity contribution in [3.8, 4) is 17.2 Å². The van der Waals surface area contributed by atoms with Crippen LogP contribution in [-0.4, -0.2) is 12.8 Å². The summed E-state index contributed by atoms with van der Waals surface area (Å²) in [7, 11) is 0. The molecule has 1 aromatic carbocycles. The van der Waals surface area contributed by atoms with E-state index in [0.717, 1.165) is 11.3 Å². The van der Waals surface area contributed by atoms with Gasteiger partial charge in [0.05, 0.1) is 6.42 Å². The average molecular weight is 234 g/mol. The van der Waals surface area contributed by atoms with Gasteiger partial charge in [-0.05, 0) is 12.0 Å². The first-order valence-electron chi connectivity index (χ1n) is 5.79. The molecule has 1 atom stereocenters. The number of rotatable bonds is 1. The quantitative estimate of drug-likeness (QED) is 0.553. The number of hydrogen-bond acceptors (Lipinski definition) is 4. The maximum absolute atomic E-state index is 11.5. The lowest BCUT2D eigenvalue weighted by molar-refractivity contribution is -0.136. The van der Waals surface area contributed by atoms with Crippen molar-refractivity contribution >= 4 is 5.97 Å². The molecule has 0 radical (unpaired) electrons. The minimum Gasteiger partial charge on any atom is -0.454 e. The Bertz CT molecular complexity index is 479. The number of benzene rings is 1. The zero-order valence-electron chi connectivity index (χ0n) is 9.86. The highest BCUT2D eigenvalue weighted by molar-refractivity contribution is 5.77. The van der Waals surface area contributed by atoms with E-state index < -0.39 is 0 Å². The predicted octanol–water partition coefficient (Wildman–Crippen LogP) is 2.46. The Morgan fingerprint density at radius 2 is 1.88 bits per heavy atom. The van der Waals surface area contributed by atoms with Gasteiger partial charge in [0.25, 0.3) is 0 Å². The molecule has 0 saturated carbocycles. The Morgan fingerprint density at radius 1 is 1.18 bits per heavy atom. The third-order valence-electron chi connectivity index (χ3n) is 3.32. The maximum atomic E-state index is 11.5. The SMILES string of the molecule is CC(C)C1CC(=O)Oc2cc3c(cc21)OCO3. The largest absolute Gasteiger partial charge is 0.454 e. The van der Waals surface area contributed by atoms with Gasteiger partial charge in [-0.15, -0.1) is 0 Å². The Morgan fingerprint density at radius 3 is 2.59 bits per heavy atom. The lowest BCUT2D eigenvalue weighted by atomic mass is 9.84. The standard InChI is InChI=1S/C13H14O4/c1-7(2)8-4-13(14)17-10-5-12-11(3-9(8)10)15-6-16-12/h3,5,7-8H,4,6H2,1-2H3. The normalized spacial score (nSPS) is 21.4. The van der Waals surface area contributed by atoms with Crippen molar-refractivity contribution in [2.24, 2.45) is 5.92 Å². The number of carbonyl (C=O) groups is 1. The third-order valence-corrected chi connectivity index (χ3v) is 3.32. The molecule has 1 aromatic rings. The lowest BCUT2D eigenvalue weighted by Crippen LogP contribution is -2.23. The molecule has 0 spiro atoms. The molecule has 4 heteroatoms. The second-order valence-electron chi connectivity index (χ2n) is 4.77. The van der Waals surface area contributed by atoms with Crippen molar-refractivity contribution in [3.63, 3.8) is 0 Å². The Labute approximate surface area is 99.5 Å².